The van der Waals surface area contributed by atoms with E-state index in [4.69, 9.17) is 10.5 Å². The van der Waals surface area contributed by atoms with Crippen LogP contribution in [-0.2, 0) is 16.6 Å². The van der Waals surface area contributed by atoms with Crippen molar-refractivity contribution >= 4 is 15.7 Å². The van der Waals surface area contributed by atoms with Crippen molar-refractivity contribution in [3.8, 4) is 5.75 Å². The predicted octanol–water partition coefficient (Wildman–Crippen LogP) is 1.98. The summed E-state index contributed by atoms with van der Waals surface area (Å²) in [4.78, 5) is 0.218. The molecule has 2 rings (SSSR count). The Bertz CT molecular complexity index is 729. The molecule has 0 spiro atoms. The SMILES string of the molecule is COc1cccc(N(C)S(=O)(=O)c2cccc(CN)c2)c1. The zero-order valence-corrected chi connectivity index (χ0v) is 12.8. The van der Waals surface area contributed by atoms with E-state index >= 15 is 0 Å². The van der Waals surface area contributed by atoms with Crippen LogP contribution >= 0.6 is 0 Å². The standard InChI is InChI=1S/C15H18N2O3S/c1-17(13-6-4-7-14(10-13)20-2)21(18,19)15-8-3-5-12(9-15)11-16/h3-10H,11,16H2,1-2H3. The molecule has 0 unspecified atom stereocenters. The summed E-state index contributed by atoms with van der Waals surface area (Å²) in [5.41, 5.74) is 6.87. The molecule has 0 aromatic heterocycles. The molecule has 0 amide bonds. The van der Waals surface area contributed by atoms with E-state index in [1.807, 2.05) is 0 Å². The third kappa shape index (κ3) is 3.17. The average molecular weight is 306 g/mol. The van der Waals surface area contributed by atoms with E-state index in [9.17, 15) is 8.42 Å². The van der Waals surface area contributed by atoms with Gasteiger partial charge < -0.3 is 10.5 Å². The van der Waals surface area contributed by atoms with Gasteiger partial charge in [-0.05, 0) is 29.8 Å². The van der Waals surface area contributed by atoms with Crippen molar-refractivity contribution in [3.05, 3.63) is 54.1 Å². The highest BCUT2D eigenvalue weighted by molar-refractivity contribution is 7.92. The molecule has 2 aromatic carbocycles. The van der Waals surface area contributed by atoms with Crippen molar-refractivity contribution < 1.29 is 13.2 Å². The molecule has 2 aromatic rings. The topological polar surface area (TPSA) is 72.6 Å². The lowest BCUT2D eigenvalue weighted by Gasteiger charge is -2.20. The first-order chi connectivity index (χ1) is 9.98. The number of hydrogen-bond donors (Lipinski definition) is 1. The molecule has 6 heteroatoms. The number of ether oxygens (including phenoxy) is 1. The van der Waals surface area contributed by atoms with Gasteiger partial charge in [0.15, 0.2) is 0 Å². The number of rotatable bonds is 5. The minimum Gasteiger partial charge on any atom is -0.497 e. The van der Waals surface area contributed by atoms with Gasteiger partial charge in [-0.3, -0.25) is 4.31 Å². The van der Waals surface area contributed by atoms with Gasteiger partial charge in [-0.15, -0.1) is 0 Å². The quantitative estimate of drug-likeness (QED) is 0.917. The highest BCUT2D eigenvalue weighted by Crippen LogP contribution is 2.25. The van der Waals surface area contributed by atoms with Crippen molar-refractivity contribution in [2.24, 2.45) is 5.73 Å². The Morgan fingerprint density at radius 2 is 1.86 bits per heavy atom. The zero-order chi connectivity index (χ0) is 15.5. The van der Waals surface area contributed by atoms with Crippen molar-refractivity contribution in [2.45, 2.75) is 11.4 Å². The van der Waals surface area contributed by atoms with Crippen LogP contribution in [0.2, 0.25) is 0 Å². The van der Waals surface area contributed by atoms with Gasteiger partial charge in [0.25, 0.3) is 10.0 Å². The maximum absolute atomic E-state index is 12.6. The van der Waals surface area contributed by atoms with Crippen LogP contribution in [0.4, 0.5) is 5.69 Å². The Kier molecular flexibility index (Phi) is 4.50. The lowest BCUT2D eigenvalue weighted by Crippen LogP contribution is -2.26. The maximum atomic E-state index is 12.6. The van der Waals surface area contributed by atoms with Gasteiger partial charge >= 0.3 is 0 Å². The van der Waals surface area contributed by atoms with Crippen LogP contribution in [0.25, 0.3) is 0 Å². The Morgan fingerprint density at radius 1 is 1.14 bits per heavy atom. The molecule has 0 saturated heterocycles. The Labute approximate surface area is 125 Å². The van der Waals surface area contributed by atoms with Gasteiger partial charge in [0, 0.05) is 19.7 Å². The Hall–Kier alpha value is -2.05. The number of methoxy groups -OCH3 is 1. The van der Waals surface area contributed by atoms with Crippen LogP contribution in [0.3, 0.4) is 0 Å². The summed E-state index contributed by atoms with van der Waals surface area (Å²) in [5, 5.41) is 0. The van der Waals surface area contributed by atoms with E-state index in [0.717, 1.165) is 5.56 Å². The summed E-state index contributed by atoms with van der Waals surface area (Å²) in [5.74, 6) is 0.602. The van der Waals surface area contributed by atoms with Crippen molar-refractivity contribution in [1.82, 2.24) is 0 Å². The second-order valence-corrected chi connectivity index (χ2v) is 6.49. The van der Waals surface area contributed by atoms with Crippen molar-refractivity contribution in [3.63, 3.8) is 0 Å². The molecule has 0 saturated carbocycles. The molecule has 112 valence electrons. The molecule has 0 bridgehead atoms. The van der Waals surface area contributed by atoms with E-state index in [-0.39, 0.29) is 4.90 Å². The molecular weight excluding hydrogens is 288 g/mol. The maximum Gasteiger partial charge on any atom is 0.264 e. The van der Waals surface area contributed by atoms with E-state index < -0.39 is 10.0 Å². The molecule has 0 heterocycles. The lowest BCUT2D eigenvalue weighted by atomic mass is 10.2. The molecular formula is C15H18N2O3S. The minimum absolute atomic E-state index is 0.218. The summed E-state index contributed by atoms with van der Waals surface area (Å²) in [6.45, 7) is 0.298. The molecule has 0 aliphatic carbocycles. The van der Waals surface area contributed by atoms with Gasteiger partial charge in [0.05, 0.1) is 17.7 Å². The van der Waals surface area contributed by atoms with Crippen LogP contribution in [0.15, 0.2) is 53.4 Å². The van der Waals surface area contributed by atoms with E-state index in [2.05, 4.69) is 0 Å². The largest absolute Gasteiger partial charge is 0.497 e. The first-order valence-electron chi connectivity index (χ1n) is 6.41. The molecule has 5 nitrogen and oxygen atoms in total. The first kappa shape index (κ1) is 15.3. The molecule has 0 aliphatic heterocycles. The van der Waals surface area contributed by atoms with Crippen molar-refractivity contribution in [2.75, 3.05) is 18.5 Å². The number of benzene rings is 2. The van der Waals surface area contributed by atoms with Gasteiger partial charge in [0.1, 0.15) is 5.75 Å². The second kappa shape index (κ2) is 6.15. The van der Waals surface area contributed by atoms with Gasteiger partial charge in [-0.25, -0.2) is 8.42 Å². The molecule has 0 atom stereocenters. The first-order valence-corrected chi connectivity index (χ1v) is 7.85. The molecule has 21 heavy (non-hydrogen) atoms. The predicted molar refractivity (Wildman–Crippen MR) is 82.9 cm³/mol. The fourth-order valence-electron chi connectivity index (χ4n) is 1.94. The number of sulfonamides is 1. The molecule has 0 aliphatic rings. The van der Waals surface area contributed by atoms with E-state index in [0.29, 0.717) is 18.0 Å². The van der Waals surface area contributed by atoms with Crippen LogP contribution < -0.4 is 14.8 Å². The molecule has 0 radical (unpaired) electrons. The van der Waals surface area contributed by atoms with Gasteiger partial charge in [0.2, 0.25) is 0 Å². The van der Waals surface area contributed by atoms with Crippen LogP contribution in [0.5, 0.6) is 5.75 Å². The smallest absolute Gasteiger partial charge is 0.264 e. The van der Waals surface area contributed by atoms with Gasteiger partial charge in [-0.1, -0.05) is 18.2 Å². The summed E-state index contributed by atoms with van der Waals surface area (Å²) in [6.07, 6.45) is 0. The highest BCUT2D eigenvalue weighted by atomic mass is 32.2. The summed E-state index contributed by atoms with van der Waals surface area (Å²) < 4.78 is 31.6. The number of nitrogens with zero attached hydrogens (tertiary/aromatic N) is 1. The highest BCUT2D eigenvalue weighted by Gasteiger charge is 2.21. The zero-order valence-electron chi connectivity index (χ0n) is 12.0. The third-order valence-corrected chi connectivity index (χ3v) is 4.99. The van der Waals surface area contributed by atoms with Gasteiger partial charge in [-0.2, -0.15) is 0 Å². The fraction of sp³-hybridized carbons (Fsp3) is 0.200. The fourth-order valence-corrected chi connectivity index (χ4v) is 3.19. The lowest BCUT2D eigenvalue weighted by molar-refractivity contribution is 0.415. The number of anilines is 1. The summed E-state index contributed by atoms with van der Waals surface area (Å²) in [7, 11) is -0.574. The molecule has 2 N–H and O–H groups in total. The van der Waals surface area contributed by atoms with Crippen LogP contribution in [0, 0.1) is 0 Å². The minimum atomic E-state index is -3.63. The van der Waals surface area contributed by atoms with E-state index in [1.165, 1.54) is 11.4 Å². The summed E-state index contributed by atoms with van der Waals surface area (Å²) in [6, 6.07) is 13.5. The van der Waals surface area contributed by atoms with Crippen molar-refractivity contribution in [1.29, 1.82) is 0 Å². The monoisotopic (exact) mass is 306 g/mol. The van der Waals surface area contributed by atoms with Crippen LogP contribution in [-0.4, -0.2) is 22.6 Å². The third-order valence-electron chi connectivity index (χ3n) is 3.21. The Balaban J connectivity index is 2.42. The average Bonchev–Trinajstić information content (AvgIpc) is 2.54. The molecule has 0 fully saturated rings. The second-order valence-electron chi connectivity index (χ2n) is 4.53. The summed E-state index contributed by atoms with van der Waals surface area (Å²) >= 11 is 0. The normalized spacial score (nSPS) is 11.2. The Morgan fingerprint density at radius 3 is 2.52 bits per heavy atom. The number of nitrogens with two attached hydrogens (primary N) is 1. The van der Waals surface area contributed by atoms with E-state index in [1.54, 1.807) is 55.6 Å². The van der Waals surface area contributed by atoms with Crippen LogP contribution in [0.1, 0.15) is 5.56 Å². The number of hydrogen-bond acceptors (Lipinski definition) is 4.